The van der Waals surface area contributed by atoms with Gasteiger partial charge in [-0.3, -0.25) is 4.79 Å². The van der Waals surface area contributed by atoms with E-state index in [9.17, 15) is 9.18 Å². The van der Waals surface area contributed by atoms with Crippen molar-refractivity contribution in [3.8, 4) is 11.5 Å². The van der Waals surface area contributed by atoms with Crippen LogP contribution >= 0.6 is 0 Å². The summed E-state index contributed by atoms with van der Waals surface area (Å²) >= 11 is 0. The van der Waals surface area contributed by atoms with E-state index in [4.69, 9.17) is 9.47 Å². The van der Waals surface area contributed by atoms with Crippen molar-refractivity contribution in [2.24, 2.45) is 0 Å². The fourth-order valence-corrected chi connectivity index (χ4v) is 2.09. The molecule has 1 N–H and O–H groups in total. The third-order valence-electron chi connectivity index (χ3n) is 3.29. The Hall–Kier alpha value is -2.56. The summed E-state index contributed by atoms with van der Waals surface area (Å²) in [6, 6.07) is 14.1. The lowest BCUT2D eigenvalue weighted by atomic mass is 10.1. The SMILES string of the molecule is COc1ccc(CCC(=O)NCCOc2ccccc2)cc1F. The maximum atomic E-state index is 13.5. The minimum atomic E-state index is -0.415. The van der Waals surface area contributed by atoms with E-state index in [1.54, 1.807) is 12.1 Å². The number of carbonyl (C=O) groups is 1. The van der Waals surface area contributed by atoms with E-state index in [2.05, 4.69) is 5.32 Å². The van der Waals surface area contributed by atoms with Gasteiger partial charge in [-0.25, -0.2) is 4.39 Å². The summed E-state index contributed by atoms with van der Waals surface area (Å²) in [6.07, 6.45) is 0.781. The standard InChI is InChI=1S/C18H20FNO3/c1-22-17-9-7-14(13-16(17)19)8-10-18(21)20-11-12-23-15-5-3-2-4-6-15/h2-7,9,13H,8,10-12H2,1H3,(H,20,21). The maximum absolute atomic E-state index is 13.5. The van der Waals surface area contributed by atoms with Crippen LogP contribution in [0.2, 0.25) is 0 Å². The monoisotopic (exact) mass is 317 g/mol. The van der Waals surface area contributed by atoms with Crippen LogP contribution in [-0.4, -0.2) is 26.2 Å². The number of benzene rings is 2. The van der Waals surface area contributed by atoms with Gasteiger partial charge in [-0.1, -0.05) is 24.3 Å². The molecule has 0 fully saturated rings. The highest BCUT2D eigenvalue weighted by atomic mass is 19.1. The van der Waals surface area contributed by atoms with Crippen LogP contribution in [0.15, 0.2) is 48.5 Å². The summed E-state index contributed by atoms with van der Waals surface area (Å²) in [6.45, 7) is 0.845. The number of aryl methyl sites for hydroxylation is 1. The van der Waals surface area contributed by atoms with Crippen molar-refractivity contribution >= 4 is 5.91 Å². The first kappa shape index (κ1) is 16.8. The fraction of sp³-hybridized carbons (Fsp3) is 0.278. The first-order valence-electron chi connectivity index (χ1n) is 7.46. The van der Waals surface area contributed by atoms with Crippen molar-refractivity contribution in [2.45, 2.75) is 12.8 Å². The Balaban J connectivity index is 1.66. The Kier molecular flexibility index (Phi) is 6.41. The van der Waals surface area contributed by atoms with Crippen molar-refractivity contribution in [1.82, 2.24) is 5.32 Å². The number of rotatable bonds is 8. The summed E-state index contributed by atoms with van der Waals surface area (Å²) in [4.78, 5) is 11.8. The Labute approximate surface area is 135 Å². The second-order valence-corrected chi connectivity index (χ2v) is 4.98. The van der Waals surface area contributed by atoms with Gasteiger partial charge in [-0.05, 0) is 36.2 Å². The van der Waals surface area contributed by atoms with Crippen molar-refractivity contribution < 1.29 is 18.7 Å². The zero-order valence-electron chi connectivity index (χ0n) is 13.0. The van der Waals surface area contributed by atoms with Gasteiger partial charge in [0.05, 0.1) is 13.7 Å². The molecule has 1 amide bonds. The lowest BCUT2D eigenvalue weighted by Crippen LogP contribution is -2.28. The topological polar surface area (TPSA) is 47.6 Å². The van der Waals surface area contributed by atoms with Crippen LogP contribution in [0.25, 0.3) is 0 Å². The average molecular weight is 317 g/mol. The van der Waals surface area contributed by atoms with E-state index < -0.39 is 5.82 Å². The molecule has 0 aromatic heterocycles. The molecule has 0 saturated carbocycles. The van der Waals surface area contributed by atoms with Gasteiger partial charge >= 0.3 is 0 Å². The highest BCUT2D eigenvalue weighted by Gasteiger charge is 2.06. The molecule has 2 aromatic carbocycles. The van der Waals surface area contributed by atoms with E-state index in [0.717, 1.165) is 11.3 Å². The highest BCUT2D eigenvalue weighted by molar-refractivity contribution is 5.76. The Morgan fingerprint density at radius 3 is 2.65 bits per heavy atom. The summed E-state index contributed by atoms with van der Waals surface area (Å²) in [7, 11) is 1.42. The largest absolute Gasteiger partial charge is 0.494 e. The lowest BCUT2D eigenvalue weighted by Gasteiger charge is -2.08. The number of hydrogen-bond donors (Lipinski definition) is 1. The predicted octanol–water partition coefficient (Wildman–Crippen LogP) is 2.96. The van der Waals surface area contributed by atoms with Crippen LogP contribution in [0.1, 0.15) is 12.0 Å². The van der Waals surface area contributed by atoms with Gasteiger partial charge in [0.1, 0.15) is 12.4 Å². The normalized spacial score (nSPS) is 10.2. The summed E-state index contributed by atoms with van der Waals surface area (Å²) in [5.74, 6) is 0.478. The van der Waals surface area contributed by atoms with Gasteiger partial charge in [-0.15, -0.1) is 0 Å². The van der Waals surface area contributed by atoms with E-state index in [1.807, 2.05) is 30.3 Å². The van der Waals surface area contributed by atoms with Crippen LogP contribution in [0.3, 0.4) is 0 Å². The minimum absolute atomic E-state index is 0.0853. The zero-order chi connectivity index (χ0) is 16.5. The van der Waals surface area contributed by atoms with E-state index in [1.165, 1.54) is 13.2 Å². The highest BCUT2D eigenvalue weighted by Crippen LogP contribution is 2.18. The quantitative estimate of drug-likeness (QED) is 0.762. The molecule has 0 saturated heterocycles. The third kappa shape index (κ3) is 5.62. The molecule has 0 aliphatic rings. The van der Waals surface area contributed by atoms with Crippen LogP contribution in [0.4, 0.5) is 4.39 Å². The van der Waals surface area contributed by atoms with Gasteiger partial charge < -0.3 is 14.8 Å². The smallest absolute Gasteiger partial charge is 0.220 e. The molecular weight excluding hydrogens is 297 g/mol. The van der Waals surface area contributed by atoms with E-state index in [0.29, 0.717) is 26.0 Å². The molecule has 122 valence electrons. The van der Waals surface area contributed by atoms with Gasteiger partial charge in [0.15, 0.2) is 11.6 Å². The van der Waals surface area contributed by atoms with Gasteiger partial charge in [0, 0.05) is 6.42 Å². The first-order valence-corrected chi connectivity index (χ1v) is 7.46. The Bertz CT molecular complexity index is 631. The number of amides is 1. The molecule has 0 atom stereocenters. The molecule has 2 rings (SSSR count). The molecule has 5 heteroatoms. The Morgan fingerprint density at radius 2 is 1.96 bits per heavy atom. The van der Waals surface area contributed by atoms with Crippen LogP contribution < -0.4 is 14.8 Å². The number of hydrogen-bond acceptors (Lipinski definition) is 3. The van der Waals surface area contributed by atoms with Crippen molar-refractivity contribution in [1.29, 1.82) is 0 Å². The summed E-state index contributed by atoms with van der Waals surface area (Å²) < 4.78 is 23.9. The van der Waals surface area contributed by atoms with Gasteiger partial charge in [-0.2, -0.15) is 0 Å². The maximum Gasteiger partial charge on any atom is 0.220 e. The molecule has 0 heterocycles. The van der Waals surface area contributed by atoms with Crippen molar-refractivity contribution in [2.75, 3.05) is 20.3 Å². The van der Waals surface area contributed by atoms with Crippen molar-refractivity contribution in [3.05, 3.63) is 59.9 Å². The number of carbonyl (C=O) groups excluding carboxylic acids is 1. The van der Waals surface area contributed by atoms with Gasteiger partial charge in [0.2, 0.25) is 5.91 Å². The minimum Gasteiger partial charge on any atom is -0.494 e. The van der Waals surface area contributed by atoms with Crippen LogP contribution in [0, 0.1) is 5.82 Å². The molecule has 4 nitrogen and oxygen atoms in total. The molecule has 0 bridgehead atoms. The molecule has 0 aliphatic carbocycles. The summed E-state index contributed by atoms with van der Waals surface area (Å²) in [5, 5.41) is 2.78. The zero-order valence-corrected chi connectivity index (χ0v) is 13.0. The first-order chi connectivity index (χ1) is 11.2. The molecular formula is C18H20FNO3. The number of methoxy groups -OCH3 is 1. The molecule has 2 aromatic rings. The second-order valence-electron chi connectivity index (χ2n) is 4.98. The van der Waals surface area contributed by atoms with Crippen LogP contribution in [0.5, 0.6) is 11.5 Å². The average Bonchev–Trinajstić information content (AvgIpc) is 2.58. The molecule has 0 aliphatic heterocycles. The lowest BCUT2D eigenvalue weighted by molar-refractivity contribution is -0.121. The van der Waals surface area contributed by atoms with E-state index in [-0.39, 0.29) is 11.7 Å². The third-order valence-corrected chi connectivity index (χ3v) is 3.29. The molecule has 0 spiro atoms. The van der Waals surface area contributed by atoms with Crippen molar-refractivity contribution in [3.63, 3.8) is 0 Å². The molecule has 0 unspecified atom stereocenters. The van der Waals surface area contributed by atoms with E-state index >= 15 is 0 Å². The molecule has 0 radical (unpaired) electrons. The Morgan fingerprint density at radius 1 is 1.17 bits per heavy atom. The van der Waals surface area contributed by atoms with Crippen LogP contribution in [-0.2, 0) is 11.2 Å². The number of para-hydroxylation sites is 1. The summed E-state index contributed by atoms with van der Waals surface area (Å²) in [5.41, 5.74) is 0.763. The number of nitrogens with one attached hydrogen (secondary N) is 1. The number of halogens is 1. The second kappa shape index (κ2) is 8.78. The van der Waals surface area contributed by atoms with Gasteiger partial charge in [0.25, 0.3) is 0 Å². The predicted molar refractivity (Wildman–Crippen MR) is 86.2 cm³/mol. The molecule has 23 heavy (non-hydrogen) atoms. The fourth-order valence-electron chi connectivity index (χ4n) is 2.09. The number of ether oxygens (including phenoxy) is 2.